The van der Waals surface area contributed by atoms with E-state index in [0.29, 0.717) is 6.04 Å². The molecule has 3 unspecified atom stereocenters. The minimum absolute atomic E-state index is 0.515. The van der Waals surface area contributed by atoms with Gasteiger partial charge in [0.05, 0.1) is 0 Å². The summed E-state index contributed by atoms with van der Waals surface area (Å²) in [4.78, 5) is 2.71. The molecule has 2 fully saturated rings. The third-order valence-electron chi connectivity index (χ3n) is 5.19. The third kappa shape index (κ3) is 3.24. The highest BCUT2D eigenvalue weighted by Gasteiger charge is 2.35. The summed E-state index contributed by atoms with van der Waals surface area (Å²) in [6, 6.07) is 11.4. The van der Waals surface area contributed by atoms with Crippen LogP contribution < -0.4 is 5.32 Å². The first-order valence-electron chi connectivity index (χ1n) is 8.37. The lowest BCUT2D eigenvalue weighted by atomic mass is 10.0. The van der Waals surface area contributed by atoms with E-state index in [1.54, 1.807) is 0 Å². The second-order valence-corrected chi connectivity index (χ2v) is 6.52. The van der Waals surface area contributed by atoms with Gasteiger partial charge in [0.2, 0.25) is 0 Å². The lowest BCUT2D eigenvalue weighted by molar-refractivity contribution is 0.289. The number of hydrogen-bond acceptors (Lipinski definition) is 2. The van der Waals surface area contributed by atoms with E-state index in [1.165, 1.54) is 50.9 Å². The van der Waals surface area contributed by atoms with Crippen molar-refractivity contribution in [3.05, 3.63) is 35.9 Å². The predicted octanol–water partition coefficient (Wildman–Crippen LogP) is 3.46. The Bertz CT molecular complexity index is 391. The van der Waals surface area contributed by atoms with Gasteiger partial charge in [-0.2, -0.15) is 0 Å². The van der Waals surface area contributed by atoms with Crippen molar-refractivity contribution in [1.29, 1.82) is 0 Å². The number of nitrogens with zero attached hydrogens (tertiary/aromatic N) is 1. The number of nitrogens with one attached hydrogen (secondary N) is 1. The summed E-state index contributed by atoms with van der Waals surface area (Å²) in [7, 11) is 0. The maximum Gasteiger partial charge on any atom is 0.0332 e. The van der Waals surface area contributed by atoms with Crippen LogP contribution in [0.3, 0.4) is 0 Å². The average molecular weight is 272 g/mol. The maximum absolute atomic E-state index is 3.65. The Morgan fingerprint density at radius 3 is 2.50 bits per heavy atom. The average Bonchev–Trinajstić information content (AvgIpc) is 3.05. The van der Waals surface area contributed by atoms with Gasteiger partial charge in [-0.1, -0.05) is 43.7 Å². The molecular formula is C18H28N2. The van der Waals surface area contributed by atoms with E-state index in [1.807, 2.05) is 0 Å². The van der Waals surface area contributed by atoms with Crippen LogP contribution >= 0.6 is 0 Å². The second kappa shape index (κ2) is 6.73. The van der Waals surface area contributed by atoms with E-state index < -0.39 is 0 Å². The number of hydrogen-bond donors (Lipinski definition) is 1. The van der Waals surface area contributed by atoms with Gasteiger partial charge < -0.3 is 10.2 Å². The minimum atomic E-state index is 0.515. The first kappa shape index (κ1) is 14.1. The number of rotatable bonds is 6. The van der Waals surface area contributed by atoms with Crippen LogP contribution in [-0.2, 0) is 0 Å². The fraction of sp³-hybridized carbons (Fsp3) is 0.667. The van der Waals surface area contributed by atoms with Crippen LogP contribution in [0.4, 0.5) is 0 Å². The van der Waals surface area contributed by atoms with Crippen molar-refractivity contribution in [1.82, 2.24) is 10.2 Å². The molecule has 2 aliphatic rings. The molecule has 1 aliphatic carbocycles. The molecule has 3 atom stereocenters. The Hall–Kier alpha value is -0.860. The van der Waals surface area contributed by atoms with Crippen molar-refractivity contribution in [2.45, 2.75) is 38.6 Å². The molecule has 0 bridgehead atoms. The topological polar surface area (TPSA) is 15.3 Å². The zero-order valence-electron chi connectivity index (χ0n) is 12.7. The molecule has 0 aromatic heterocycles. The second-order valence-electron chi connectivity index (χ2n) is 6.52. The van der Waals surface area contributed by atoms with Crippen molar-refractivity contribution in [2.24, 2.45) is 11.8 Å². The minimum Gasteiger partial charge on any atom is -0.310 e. The van der Waals surface area contributed by atoms with E-state index in [9.17, 15) is 0 Å². The van der Waals surface area contributed by atoms with Gasteiger partial charge in [0.25, 0.3) is 0 Å². The van der Waals surface area contributed by atoms with Gasteiger partial charge in [-0.25, -0.2) is 0 Å². The molecule has 1 heterocycles. The molecule has 2 nitrogen and oxygen atoms in total. The number of likely N-dealkylation sites (tertiary alicyclic amines) is 1. The van der Waals surface area contributed by atoms with Crippen molar-refractivity contribution >= 4 is 0 Å². The molecule has 1 aromatic carbocycles. The van der Waals surface area contributed by atoms with Crippen LogP contribution in [-0.4, -0.2) is 31.1 Å². The highest BCUT2D eigenvalue weighted by atomic mass is 15.2. The van der Waals surface area contributed by atoms with Crippen LogP contribution in [0.1, 0.15) is 44.2 Å². The molecule has 1 N–H and O–H groups in total. The number of fused-ring (bicyclic) bond motifs is 1. The van der Waals surface area contributed by atoms with Crippen LogP contribution in [0.2, 0.25) is 0 Å². The summed E-state index contributed by atoms with van der Waals surface area (Å²) in [5.41, 5.74) is 1.44. The SMILES string of the molecule is CCNC(CCN1CC2CCCC2C1)c1ccccc1. The normalized spacial score (nSPS) is 27.6. The molecule has 0 amide bonds. The van der Waals surface area contributed by atoms with Crippen LogP contribution in [0.15, 0.2) is 30.3 Å². The zero-order valence-corrected chi connectivity index (χ0v) is 12.7. The Kier molecular flexibility index (Phi) is 4.74. The summed E-state index contributed by atoms with van der Waals surface area (Å²) in [6.45, 7) is 7.22. The summed E-state index contributed by atoms with van der Waals surface area (Å²) in [6.07, 6.45) is 5.68. The Labute approximate surface area is 123 Å². The highest BCUT2D eigenvalue weighted by Crippen LogP contribution is 2.37. The van der Waals surface area contributed by atoms with Gasteiger partial charge in [0, 0.05) is 19.1 Å². The molecular weight excluding hydrogens is 244 g/mol. The van der Waals surface area contributed by atoms with E-state index in [0.717, 1.165) is 18.4 Å². The van der Waals surface area contributed by atoms with Crippen LogP contribution in [0.5, 0.6) is 0 Å². The van der Waals surface area contributed by atoms with Gasteiger partial charge in [-0.15, -0.1) is 0 Å². The molecule has 1 aromatic rings. The van der Waals surface area contributed by atoms with Gasteiger partial charge in [0.1, 0.15) is 0 Å². The van der Waals surface area contributed by atoms with Crippen molar-refractivity contribution in [3.63, 3.8) is 0 Å². The molecule has 3 rings (SSSR count). The predicted molar refractivity (Wildman–Crippen MR) is 84.7 cm³/mol. The quantitative estimate of drug-likeness (QED) is 0.853. The summed E-state index contributed by atoms with van der Waals surface area (Å²) >= 11 is 0. The molecule has 2 heteroatoms. The number of benzene rings is 1. The summed E-state index contributed by atoms with van der Waals surface area (Å²) < 4.78 is 0. The molecule has 1 saturated carbocycles. The van der Waals surface area contributed by atoms with Gasteiger partial charge >= 0.3 is 0 Å². The smallest absolute Gasteiger partial charge is 0.0332 e. The van der Waals surface area contributed by atoms with E-state index in [-0.39, 0.29) is 0 Å². The maximum atomic E-state index is 3.65. The van der Waals surface area contributed by atoms with E-state index in [2.05, 4.69) is 47.5 Å². The fourth-order valence-corrected chi connectivity index (χ4v) is 4.14. The highest BCUT2D eigenvalue weighted by molar-refractivity contribution is 5.18. The Balaban J connectivity index is 1.53. The molecule has 0 spiro atoms. The standard InChI is InChI=1S/C18H28N2/c1-2-19-18(15-7-4-3-5-8-15)11-12-20-13-16-9-6-10-17(16)14-20/h3-5,7-8,16-19H,2,6,9-14H2,1H3. The van der Waals surface area contributed by atoms with E-state index in [4.69, 9.17) is 0 Å². The lowest BCUT2D eigenvalue weighted by Crippen LogP contribution is -2.28. The van der Waals surface area contributed by atoms with Gasteiger partial charge in [-0.05, 0) is 49.8 Å². The summed E-state index contributed by atoms with van der Waals surface area (Å²) in [5, 5.41) is 3.65. The van der Waals surface area contributed by atoms with Crippen LogP contribution in [0.25, 0.3) is 0 Å². The largest absolute Gasteiger partial charge is 0.310 e. The molecule has 1 saturated heterocycles. The first-order chi connectivity index (χ1) is 9.86. The summed E-state index contributed by atoms with van der Waals surface area (Å²) in [5.74, 6) is 2.04. The Morgan fingerprint density at radius 2 is 1.85 bits per heavy atom. The van der Waals surface area contributed by atoms with Gasteiger partial charge in [0.15, 0.2) is 0 Å². The van der Waals surface area contributed by atoms with E-state index >= 15 is 0 Å². The van der Waals surface area contributed by atoms with Crippen molar-refractivity contribution in [3.8, 4) is 0 Å². The lowest BCUT2D eigenvalue weighted by Gasteiger charge is -2.23. The van der Waals surface area contributed by atoms with Gasteiger partial charge in [-0.3, -0.25) is 0 Å². The monoisotopic (exact) mass is 272 g/mol. The first-order valence-corrected chi connectivity index (χ1v) is 8.37. The van der Waals surface area contributed by atoms with Crippen molar-refractivity contribution in [2.75, 3.05) is 26.2 Å². The molecule has 0 radical (unpaired) electrons. The zero-order chi connectivity index (χ0) is 13.8. The fourth-order valence-electron chi connectivity index (χ4n) is 4.14. The third-order valence-corrected chi connectivity index (χ3v) is 5.19. The van der Waals surface area contributed by atoms with Crippen molar-refractivity contribution < 1.29 is 0 Å². The van der Waals surface area contributed by atoms with Crippen LogP contribution in [0, 0.1) is 11.8 Å². The molecule has 20 heavy (non-hydrogen) atoms. The molecule has 110 valence electrons. The molecule has 1 aliphatic heterocycles. The Morgan fingerprint density at radius 1 is 1.15 bits per heavy atom.